The number of nitrogens with zero attached hydrogens (tertiary/aromatic N) is 2. The maximum atomic E-state index is 11.9. The average Bonchev–Trinajstić information content (AvgIpc) is 2.82. The van der Waals surface area contributed by atoms with E-state index in [0.29, 0.717) is 46.6 Å². The summed E-state index contributed by atoms with van der Waals surface area (Å²) in [6.45, 7) is 0.344. The summed E-state index contributed by atoms with van der Waals surface area (Å²) >= 11 is 0. The Kier molecular flexibility index (Phi) is 5.59. The third kappa shape index (κ3) is 3.95. The van der Waals surface area contributed by atoms with Crippen LogP contribution < -0.4 is 24.7 Å². The predicted octanol–water partition coefficient (Wildman–Crippen LogP) is 2.88. The van der Waals surface area contributed by atoms with E-state index in [1.165, 1.54) is 21.3 Å². The van der Waals surface area contributed by atoms with Crippen LogP contribution in [-0.2, 0) is 11.3 Å². The average molecular weight is 423 g/mol. The molecule has 2 heterocycles. The van der Waals surface area contributed by atoms with Crippen molar-refractivity contribution in [3.63, 3.8) is 0 Å². The molecule has 9 nitrogen and oxygen atoms in total. The highest BCUT2D eigenvalue weighted by atomic mass is 16.7. The zero-order valence-corrected chi connectivity index (χ0v) is 17.2. The zero-order chi connectivity index (χ0) is 22.0. The number of carbonyl (C=O) groups is 1. The summed E-state index contributed by atoms with van der Waals surface area (Å²) in [5, 5.41) is 0. The maximum Gasteiger partial charge on any atom is 0.286 e. The number of hydrogen-bond acceptors (Lipinski definition) is 8. The Bertz CT molecular complexity index is 1110. The number of nitrogens with two attached hydrogens (primary N) is 1. The van der Waals surface area contributed by atoms with Crippen molar-refractivity contribution in [2.45, 2.75) is 12.9 Å². The monoisotopic (exact) mass is 423 g/mol. The molecule has 4 rings (SSSR count). The molecular weight excluding hydrogens is 402 g/mol. The highest BCUT2D eigenvalue weighted by Crippen LogP contribution is 2.41. The number of benzene rings is 2. The minimum absolute atomic E-state index is 0.160. The van der Waals surface area contributed by atoms with Gasteiger partial charge < -0.3 is 29.4 Å². The van der Waals surface area contributed by atoms with Crippen LogP contribution in [-0.4, -0.2) is 37.2 Å². The Hall–Kier alpha value is -3.85. The SMILES string of the molecule is COc1cc(-c2cc(C3OCc4ccccc4O3)nc(C(N)=O)n2)cc(OC)c1OC. The molecule has 0 radical (unpaired) electrons. The van der Waals surface area contributed by atoms with Gasteiger partial charge >= 0.3 is 0 Å². The molecule has 0 spiro atoms. The summed E-state index contributed by atoms with van der Waals surface area (Å²) in [6, 6.07) is 12.7. The first-order valence-corrected chi connectivity index (χ1v) is 9.39. The molecular formula is C22H21N3O6. The second kappa shape index (κ2) is 8.49. The van der Waals surface area contributed by atoms with Gasteiger partial charge in [0.05, 0.1) is 33.6 Å². The summed E-state index contributed by atoms with van der Waals surface area (Å²) < 4.78 is 27.9. The number of rotatable bonds is 6. The van der Waals surface area contributed by atoms with Crippen LogP contribution in [0.25, 0.3) is 11.3 Å². The molecule has 1 atom stereocenters. The van der Waals surface area contributed by atoms with Gasteiger partial charge in [-0.3, -0.25) is 4.79 Å². The number of ether oxygens (including phenoxy) is 5. The highest BCUT2D eigenvalue weighted by Gasteiger charge is 2.26. The summed E-state index contributed by atoms with van der Waals surface area (Å²) in [6.07, 6.45) is -0.822. The van der Waals surface area contributed by atoms with Crippen LogP contribution in [0.5, 0.6) is 23.0 Å². The molecule has 1 unspecified atom stereocenters. The Morgan fingerprint density at radius 1 is 1.03 bits per heavy atom. The Labute approximate surface area is 178 Å². The molecule has 0 bridgehead atoms. The maximum absolute atomic E-state index is 11.9. The van der Waals surface area contributed by atoms with E-state index in [0.717, 1.165) is 5.56 Å². The van der Waals surface area contributed by atoms with Gasteiger partial charge in [0, 0.05) is 11.1 Å². The summed E-state index contributed by atoms with van der Waals surface area (Å²) in [7, 11) is 4.55. The van der Waals surface area contributed by atoms with Crippen LogP contribution in [0.4, 0.5) is 0 Å². The van der Waals surface area contributed by atoms with Gasteiger partial charge in [0.25, 0.3) is 5.91 Å². The molecule has 1 aromatic heterocycles. The van der Waals surface area contributed by atoms with E-state index in [4.69, 9.17) is 29.4 Å². The van der Waals surface area contributed by atoms with Gasteiger partial charge in [0.2, 0.25) is 17.9 Å². The first-order chi connectivity index (χ1) is 15.0. The number of fused-ring (bicyclic) bond motifs is 1. The fourth-order valence-corrected chi connectivity index (χ4v) is 3.27. The van der Waals surface area contributed by atoms with E-state index < -0.39 is 12.2 Å². The third-order valence-electron chi connectivity index (χ3n) is 4.77. The Morgan fingerprint density at radius 3 is 2.39 bits per heavy atom. The van der Waals surface area contributed by atoms with Crippen LogP contribution >= 0.6 is 0 Å². The standard InChI is InChI=1S/C22H21N3O6/c1-27-17-8-13(9-18(28-2)19(17)29-3)14-10-15(25-21(24-14)20(23)26)22-30-11-12-6-4-5-7-16(12)31-22/h4-10,22H,11H2,1-3H3,(H2,23,26). The molecule has 2 aromatic carbocycles. The fourth-order valence-electron chi connectivity index (χ4n) is 3.27. The van der Waals surface area contributed by atoms with Crippen molar-refractivity contribution in [1.82, 2.24) is 9.97 Å². The van der Waals surface area contributed by atoms with Crippen LogP contribution in [0, 0.1) is 0 Å². The molecule has 0 saturated heterocycles. The van der Waals surface area contributed by atoms with Gasteiger partial charge in [-0.2, -0.15) is 0 Å². The second-order valence-corrected chi connectivity index (χ2v) is 6.65. The third-order valence-corrected chi connectivity index (χ3v) is 4.77. The lowest BCUT2D eigenvalue weighted by Crippen LogP contribution is -2.22. The molecule has 31 heavy (non-hydrogen) atoms. The van der Waals surface area contributed by atoms with E-state index in [2.05, 4.69) is 9.97 Å². The van der Waals surface area contributed by atoms with Gasteiger partial charge in [0.1, 0.15) is 11.4 Å². The number of carbonyl (C=O) groups excluding carboxylic acids is 1. The van der Waals surface area contributed by atoms with Gasteiger partial charge in [-0.15, -0.1) is 0 Å². The zero-order valence-electron chi connectivity index (χ0n) is 17.2. The predicted molar refractivity (Wildman–Crippen MR) is 110 cm³/mol. The molecule has 2 N–H and O–H groups in total. The normalized spacial score (nSPS) is 14.9. The molecule has 0 fully saturated rings. The van der Waals surface area contributed by atoms with Crippen molar-refractivity contribution < 1.29 is 28.5 Å². The van der Waals surface area contributed by atoms with Gasteiger partial charge in [-0.25, -0.2) is 9.97 Å². The van der Waals surface area contributed by atoms with E-state index >= 15 is 0 Å². The Balaban J connectivity index is 1.80. The van der Waals surface area contributed by atoms with Crippen molar-refractivity contribution in [2.24, 2.45) is 5.73 Å². The molecule has 0 aliphatic carbocycles. The highest BCUT2D eigenvalue weighted by molar-refractivity contribution is 5.89. The van der Waals surface area contributed by atoms with E-state index in [9.17, 15) is 4.79 Å². The number of aromatic nitrogens is 2. The minimum atomic E-state index is -0.822. The molecule has 1 aliphatic heterocycles. The lowest BCUT2D eigenvalue weighted by Gasteiger charge is -2.26. The largest absolute Gasteiger partial charge is 0.493 e. The van der Waals surface area contributed by atoms with E-state index in [1.54, 1.807) is 18.2 Å². The van der Waals surface area contributed by atoms with Gasteiger partial charge in [-0.05, 0) is 24.3 Å². The van der Waals surface area contributed by atoms with Crippen molar-refractivity contribution in [2.75, 3.05) is 21.3 Å². The lowest BCUT2D eigenvalue weighted by molar-refractivity contribution is -0.114. The molecule has 0 saturated carbocycles. The van der Waals surface area contributed by atoms with Crippen LogP contribution in [0.2, 0.25) is 0 Å². The fraction of sp³-hybridized carbons (Fsp3) is 0.227. The number of methoxy groups -OCH3 is 3. The topological polar surface area (TPSA) is 115 Å². The van der Waals surface area contributed by atoms with Crippen molar-refractivity contribution in [1.29, 1.82) is 0 Å². The number of amides is 1. The lowest BCUT2D eigenvalue weighted by atomic mass is 10.1. The van der Waals surface area contributed by atoms with Crippen LogP contribution in [0.15, 0.2) is 42.5 Å². The first kappa shape index (κ1) is 20.4. The quantitative estimate of drug-likeness (QED) is 0.644. The summed E-state index contributed by atoms with van der Waals surface area (Å²) in [4.78, 5) is 20.5. The summed E-state index contributed by atoms with van der Waals surface area (Å²) in [5.74, 6) is 1.08. The second-order valence-electron chi connectivity index (χ2n) is 6.65. The van der Waals surface area contributed by atoms with Crippen molar-refractivity contribution in [3.8, 4) is 34.3 Å². The number of hydrogen-bond donors (Lipinski definition) is 1. The Morgan fingerprint density at radius 2 is 1.74 bits per heavy atom. The molecule has 3 aromatic rings. The van der Waals surface area contributed by atoms with Gasteiger partial charge in [-0.1, -0.05) is 18.2 Å². The number of primary amides is 1. The van der Waals surface area contributed by atoms with E-state index in [-0.39, 0.29) is 5.82 Å². The van der Waals surface area contributed by atoms with E-state index in [1.807, 2.05) is 24.3 Å². The van der Waals surface area contributed by atoms with Crippen LogP contribution in [0.1, 0.15) is 28.2 Å². The smallest absolute Gasteiger partial charge is 0.286 e. The number of para-hydroxylation sites is 1. The van der Waals surface area contributed by atoms with Crippen molar-refractivity contribution >= 4 is 5.91 Å². The first-order valence-electron chi connectivity index (χ1n) is 9.39. The van der Waals surface area contributed by atoms with Crippen molar-refractivity contribution in [3.05, 3.63) is 59.5 Å². The molecule has 9 heteroatoms. The molecule has 1 aliphatic rings. The summed E-state index contributed by atoms with van der Waals surface area (Å²) in [5.41, 5.74) is 7.79. The molecule has 160 valence electrons. The minimum Gasteiger partial charge on any atom is -0.493 e. The van der Waals surface area contributed by atoms with Gasteiger partial charge in [0.15, 0.2) is 11.5 Å². The van der Waals surface area contributed by atoms with Crippen LogP contribution in [0.3, 0.4) is 0 Å². The molecule has 1 amide bonds.